The minimum Gasteiger partial charge on any atom is -0.311 e. The van der Waals surface area contributed by atoms with Gasteiger partial charge in [-0.25, -0.2) is 13.1 Å². The molecule has 2 aromatic carbocycles. The Morgan fingerprint density at radius 2 is 1.83 bits per heavy atom. The van der Waals surface area contributed by atoms with Crippen molar-refractivity contribution >= 4 is 37.5 Å². The van der Waals surface area contributed by atoms with Gasteiger partial charge in [-0.1, -0.05) is 40.9 Å². The van der Waals surface area contributed by atoms with Crippen LogP contribution in [0.4, 0.5) is 5.69 Å². The normalized spacial score (nSPS) is 17.7. The van der Waals surface area contributed by atoms with Crippen molar-refractivity contribution in [2.45, 2.75) is 48.8 Å². The van der Waals surface area contributed by atoms with Gasteiger partial charge < -0.3 is 4.90 Å². The van der Waals surface area contributed by atoms with E-state index in [1.165, 1.54) is 25.5 Å². The fourth-order valence-corrected chi connectivity index (χ4v) is 5.77. The summed E-state index contributed by atoms with van der Waals surface area (Å²) >= 11 is 3.59. The van der Waals surface area contributed by atoms with Crippen molar-refractivity contribution in [3.8, 4) is 0 Å². The van der Waals surface area contributed by atoms with Crippen LogP contribution in [0.5, 0.6) is 0 Å². The summed E-state index contributed by atoms with van der Waals surface area (Å²) in [6.45, 7) is 0.775. The van der Waals surface area contributed by atoms with Crippen molar-refractivity contribution in [1.82, 2.24) is 4.72 Å². The maximum absolute atomic E-state index is 13.1. The maximum Gasteiger partial charge on any atom is 0.240 e. The first kappa shape index (κ1) is 20.6. The zero-order chi connectivity index (χ0) is 20.6. The number of sulfonamides is 1. The van der Waals surface area contributed by atoms with Gasteiger partial charge in [-0.05, 0) is 67.8 Å². The summed E-state index contributed by atoms with van der Waals surface area (Å²) in [5.74, 6) is 0.129. The molecule has 1 fully saturated rings. The van der Waals surface area contributed by atoms with Crippen LogP contribution in [-0.4, -0.2) is 27.9 Å². The number of nitrogens with one attached hydrogen (secondary N) is 1. The molecule has 5 nitrogen and oxygen atoms in total. The van der Waals surface area contributed by atoms with Crippen LogP contribution in [0.2, 0.25) is 0 Å². The van der Waals surface area contributed by atoms with Crippen LogP contribution in [-0.2, 0) is 26.7 Å². The van der Waals surface area contributed by atoms with Gasteiger partial charge in [-0.2, -0.15) is 0 Å². The van der Waals surface area contributed by atoms with Gasteiger partial charge >= 0.3 is 0 Å². The summed E-state index contributed by atoms with van der Waals surface area (Å²) in [7, 11) is -2.04. The van der Waals surface area contributed by atoms with Crippen molar-refractivity contribution in [3.63, 3.8) is 0 Å². The van der Waals surface area contributed by atoms with Crippen LogP contribution in [0, 0.1) is 0 Å². The highest BCUT2D eigenvalue weighted by Gasteiger charge is 2.46. The highest BCUT2D eigenvalue weighted by Crippen LogP contribution is 2.51. The van der Waals surface area contributed by atoms with Crippen LogP contribution in [0.15, 0.2) is 51.8 Å². The van der Waals surface area contributed by atoms with Gasteiger partial charge in [0.2, 0.25) is 15.9 Å². The van der Waals surface area contributed by atoms with Crippen LogP contribution < -0.4 is 9.62 Å². The van der Waals surface area contributed by atoms with Gasteiger partial charge in [0.15, 0.2) is 0 Å². The Bertz CT molecular complexity index is 1030. The molecule has 1 saturated carbocycles. The highest BCUT2D eigenvalue weighted by molar-refractivity contribution is 9.10. The van der Waals surface area contributed by atoms with Crippen molar-refractivity contribution in [2.24, 2.45) is 0 Å². The molecule has 0 aromatic heterocycles. The Morgan fingerprint density at radius 1 is 1.14 bits per heavy atom. The molecule has 1 spiro atoms. The summed E-state index contributed by atoms with van der Waals surface area (Å²) in [6, 6.07) is 13.0. The molecule has 1 heterocycles. The van der Waals surface area contributed by atoms with E-state index in [2.05, 4.69) is 32.8 Å². The predicted molar refractivity (Wildman–Crippen MR) is 118 cm³/mol. The van der Waals surface area contributed by atoms with E-state index in [0.29, 0.717) is 12.8 Å². The molecule has 0 atom stereocenters. The third kappa shape index (κ3) is 3.88. The minimum atomic E-state index is -3.44. The number of hydrogen-bond acceptors (Lipinski definition) is 3. The second kappa shape index (κ2) is 7.85. The van der Waals surface area contributed by atoms with Crippen molar-refractivity contribution in [1.29, 1.82) is 0 Å². The third-order valence-electron chi connectivity index (χ3n) is 6.27. The monoisotopic (exact) mass is 476 g/mol. The second-order valence-corrected chi connectivity index (χ2v) is 10.8. The summed E-state index contributed by atoms with van der Waals surface area (Å²) < 4.78 is 27.1. The molecule has 0 radical (unpaired) electrons. The number of amides is 1. The number of nitrogens with zero attached hydrogens (tertiary/aromatic N) is 1. The SMILES string of the molecule is CNS(=O)(=O)c1ccc(CCC(=O)N2CC3(CCCC3)c3cc(Br)ccc32)cc1. The Labute approximate surface area is 180 Å². The Hall–Kier alpha value is -1.70. The van der Waals surface area contributed by atoms with Crippen LogP contribution >= 0.6 is 15.9 Å². The van der Waals surface area contributed by atoms with E-state index in [1.807, 2.05) is 11.0 Å². The lowest BCUT2D eigenvalue weighted by molar-refractivity contribution is -0.118. The van der Waals surface area contributed by atoms with Crippen LogP contribution in [0.3, 0.4) is 0 Å². The first-order valence-electron chi connectivity index (χ1n) is 9.98. The summed E-state index contributed by atoms with van der Waals surface area (Å²) in [5.41, 5.74) is 3.42. The number of carbonyl (C=O) groups is 1. The van der Waals surface area contributed by atoms with Gasteiger partial charge in [-0.15, -0.1) is 0 Å². The first-order valence-corrected chi connectivity index (χ1v) is 12.3. The molecule has 0 saturated heterocycles. The molecule has 2 aromatic rings. The second-order valence-electron chi connectivity index (χ2n) is 7.98. The summed E-state index contributed by atoms with van der Waals surface area (Å²) in [4.78, 5) is 15.3. The third-order valence-corrected chi connectivity index (χ3v) is 8.20. The summed E-state index contributed by atoms with van der Waals surface area (Å²) in [6.07, 6.45) is 5.72. The van der Waals surface area contributed by atoms with E-state index in [1.54, 1.807) is 24.3 Å². The molecule has 7 heteroatoms. The molecule has 29 heavy (non-hydrogen) atoms. The van der Waals surface area contributed by atoms with Gasteiger partial charge in [0.25, 0.3) is 0 Å². The molecule has 154 valence electrons. The number of benzene rings is 2. The van der Waals surface area contributed by atoms with Crippen LogP contribution in [0.1, 0.15) is 43.2 Å². The van der Waals surface area contributed by atoms with Crippen molar-refractivity contribution in [2.75, 3.05) is 18.5 Å². The topological polar surface area (TPSA) is 66.5 Å². The first-order chi connectivity index (χ1) is 13.8. The average molecular weight is 477 g/mol. The fraction of sp³-hybridized carbons (Fsp3) is 0.409. The molecule has 1 amide bonds. The standard InChI is InChI=1S/C22H25BrN2O3S/c1-24-29(27,28)18-8-4-16(5-9-18)6-11-21(26)25-15-22(12-2-3-13-22)19-14-17(23)7-10-20(19)25/h4-5,7-10,14,24H,2-3,6,11-13,15H2,1H3. The molecule has 1 aliphatic heterocycles. The fourth-order valence-electron chi connectivity index (χ4n) is 4.68. The Kier molecular flexibility index (Phi) is 5.57. The molecule has 1 N–H and O–H groups in total. The highest BCUT2D eigenvalue weighted by atomic mass is 79.9. The molecular weight excluding hydrogens is 452 g/mol. The van der Waals surface area contributed by atoms with Crippen molar-refractivity contribution < 1.29 is 13.2 Å². The number of aryl methyl sites for hydroxylation is 1. The number of hydrogen-bond donors (Lipinski definition) is 1. The van der Waals surface area contributed by atoms with Gasteiger partial charge in [0.1, 0.15) is 0 Å². The molecule has 4 rings (SSSR count). The zero-order valence-corrected chi connectivity index (χ0v) is 18.9. The molecule has 0 bridgehead atoms. The lowest BCUT2D eigenvalue weighted by atomic mass is 9.81. The van der Waals surface area contributed by atoms with E-state index in [0.717, 1.165) is 35.1 Å². The number of carbonyl (C=O) groups excluding carboxylic acids is 1. The Balaban J connectivity index is 1.48. The quantitative estimate of drug-likeness (QED) is 0.704. The maximum atomic E-state index is 13.1. The molecule has 1 aliphatic carbocycles. The molecule has 2 aliphatic rings. The van der Waals surface area contributed by atoms with Gasteiger partial charge in [0, 0.05) is 28.5 Å². The predicted octanol–water partition coefficient (Wildman–Crippen LogP) is 4.15. The van der Waals surface area contributed by atoms with Crippen molar-refractivity contribution in [3.05, 3.63) is 58.1 Å². The Morgan fingerprint density at radius 3 is 2.48 bits per heavy atom. The minimum absolute atomic E-state index is 0.109. The van der Waals surface area contributed by atoms with E-state index in [-0.39, 0.29) is 16.2 Å². The lowest BCUT2D eigenvalue weighted by Crippen LogP contribution is -2.35. The lowest BCUT2D eigenvalue weighted by Gasteiger charge is -2.24. The number of rotatable bonds is 5. The zero-order valence-electron chi connectivity index (χ0n) is 16.4. The molecule has 0 unspecified atom stereocenters. The smallest absolute Gasteiger partial charge is 0.240 e. The number of anilines is 1. The summed E-state index contributed by atoms with van der Waals surface area (Å²) in [5, 5.41) is 0. The van der Waals surface area contributed by atoms with E-state index >= 15 is 0 Å². The van der Waals surface area contributed by atoms with Crippen LogP contribution in [0.25, 0.3) is 0 Å². The average Bonchev–Trinajstić information content (AvgIpc) is 3.32. The van der Waals surface area contributed by atoms with Gasteiger partial charge in [0.05, 0.1) is 4.90 Å². The van der Waals surface area contributed by atoms with Gasteiger partial charge in [-0.3, -0.25) is 4.79 Å². The largest absolute Gasteiger partial charge is 0.311 e. The number of fused-ring (bicyclic) bond motifs is 2. The number of halogens is 1. The molecular formula is C22H25BrN2O3S. The van der Waals surface area contributed by atoms with E-state index in [9.17, 15) is 13.2 Å². The van der Waals surface area contributed by atoms with E-state index in [4.69, 9.17) is 0 Å². The van der Waals surface area contributed by atoms with E-state index < -0.39 is 10.0 Å².